The van der Waals surface area contributed by atoms with Gasteiger partial charge in [0.1, 0.15) is 5.52 Å². The fourth-order valence-corrected chi connectivity index (χ4v) is 5.46. The molecule has 6 rings (SSSR count). The molecule has 3 atom stereocenters. The molecule has 6 heterocycles. The number of imidazole rings is 1. The average Bonchev–Trinajstić information content (AvgIpc) is 3.26. The van der Waals surface area contributed by atoms with Gasteiger partial charge >= 0.3 is 0 Å². The minimum atomic E-state index is 0.325. The second kappa shape index (κ2) is 6.17. The number of rotatable bonds is 2. The van der Waals surface area contributed by atoms with Crippen molar-refractivity contribution in [2.75, 3.05) is 16.3 Å². The number of hydrogen-bond acceptors (Lipinski definition) is 6. The van der Waals surface area contributed by atoms with Crippen LogP contribution in [0.25, 0.3) is 5.52 Å². The minimum absolute atomic E-state index is 0.325. The van der Waals surface area contributed by atoms with Gasteiger partial charge in [-0.05, 0) is 50.7 Å². The Labute approximate surface area is 164 Å². The van der Waals surface area contributed by atoms with Crippen molar-refractivity contribution >= 4 is 23.0 Å². The van der Waals surface area contributed by atoms with E-state index in [9.17, 15) is 0 Å². The fraction of sp³-hybridized carbons (Fsp3) is 0.476. The van der Waals surface area contributed by atoms with Crippen LogP contribution in [-0.4, -0.2) is 44.0 Å². The molecule has 2 saturated heterocycles. The summed E-state index contributed by atoms with van der Waals surface area (Å²) in [7, 11) is 0. The number of nitrogens with two attached hydrogens (primary N) is 1. The Morgan fingerprint density at radius 1 is 1.04 bits per heavy atom. The first-order chi connectivity index (χ1) is 13.8. The van der Waals surface area contributed by atoms with Gasteiger partial charge in [-0.15, -0.1) is 0 Å². The molecule has 0 aliphatic carbocycles. The zero-order valence-corrected chi connectivity index (χ0v) is 15.9. The zero-order chi connectivity index (χ0) is 18.7. The molecule has 2 fully saturated rings. The summed E-state index contributed by atoms with van der Waals surface area (Å²) in [6, 6.07) is 5.49. The number of nitrogens with zero attached hydrogens (tertiary/aromatic N) is 6. The first-order valence-electron chi connectivity index (χ1n) is 10.4. The van der Waals surface area contributed by atoms with Crippen molar-refractivity contribution in [3.05, 3.63) is 42.6 Å². The van der Waals surface area contributed by atoms with E-state index in [-0.39, 0.29) is 0 Å². The maximum Gasteiger partial charge on any atom is 0.214 e. The Balaban J connectivity index is 1.44. The Bertz CT molecular complexity index is 1010. The van der Waals surface area contributed by atoms with Crippen LogP contribution in [-0.2, 0) is 6.42 Å². The predicted octanol–water partition coefficient (Wildman–Crippen LogP) is 2.67. The second-order valence-electron chi connectivity index (χ2n) is 8.31. The third-order valence-corrected chi connectivity index (χ3v) is 6.63. The Hall–Kier alpha value is -2.67. The number of fused-ring (bicyclic) bond motifs is 4. The van der Waals surface area contributed by atoms with Gasteiger partial charge in [0.15, 0.2) is 5.82 Å². The van der Waals surface area contributed by atoms with E-state index in [2.05, 4.69) is 25.3 Å². The number of piperidine rings is 1. The second-order valence-corrected chi connectivity index (χ2v) is 8.31. The molecular weight excluding hydrogens is 350 g/mol. The van der Waals surface area contributed by atoms with Crippen molar-refractivity contribution in [1.82, 2.24) is 19.4 Å². The molecule has 2 bridgehead atoms. The lowest BCUT2D eigenvalue weighted by Crippen LogP contribution is -2.48. The number of anilines is 3. The third kappa shape index (κ3) is 2.35. The zero-order valence-electron chi connectivity index (χ0n) is 15.9. The highest BCUT2D eigenvalue weighted by Crippen LogP contribution is 2.40. The average molecular weight is 375 g/mol. The predicted molar refractivity (Wildman–Crippen MR) is 109 cm³/mol. The van der Waals surface area contributed by atoms with E-state index in [1.54, 1.807) is 0 Å². The van der Waals surface area contributed by atoms with Gasteiger partial charge in [0.2, 0.25) is 5.95 Å². The number of aromatic nitrogens is 4. The summed E-state index contributed by atoms with van der Waals surface area (Å²) in [5.41, 5.74) is 9.69. The molecule has 3 aromatic heterocycles. The van der Waals surface area contributed by atoms with Gasteiger partial charge in [-0.2, -0.15) is 0 Å². The van der Waals surface area contributed by atoms with Crippen LogP contribution in [0.4, 0.5) is 17.5 Å². The van der Waals surface area contributed by atoms with Crippen LogP contribution < -0.4 is 15.5 Å². The maximum atomic E-state index is 6.28. The highest BCUT2D eigenvalue weighted by atomic mass is 15.3. The van der Waals surface area contributed by atoms with E-state index in [1.165, 1.54) is 18.5 Å². The first-order valence-corrected chi connectivity index (χ1v) is 10.4. The van der Waals surface area contributed by atoms with Crippen LogP contribution in [0.1, 0.15) is 37.8 Å². The molecule has 0 aromatic carbocycles. The van der Waals surface area contributed by atoms with Crippen molar-refractivity contribution in [2.24, 2.45) is 5.73 Å². The van der Waals surface area contributed by atoms with E-state index in [4.69, 9.17) is 15.7 Å². The topological polar surface area (TPSA) is 75.6 Å². The van der Waals surface area contributed by atoms with Crippen molar-refractivity contribution in [1.29, 1.82) is 0 Å². The Morgan fingerprint density at radius 3 is 2.75 bits per heavy atom. The van der Waals surface area contributed by atoms with E-state index in [0.29, 0.717) is 18.1 Å². The van der Waals surface area contributed by atoms with E-state index < -0.39 is 0 Å². The van der Waals surface area contributed by atoms with Crippen molar-refractivity contribution in [3.8, 4) is 0 Å². The smallest absolute Gasteiger partial charge is 0.214 e. The lowest BCUT2D eigenvalue weighted by atomic mass is 9.98. The third-order valence-electron chi connectivity index (χ3n) is 6.63. The van der Waals surface area contributed by atoms with Gasteiger partial charge in [-0.1, -0.05) is 0 Å². The Morgan fingerprint density at radius 2 is 1.89 bits per heavy atom. The summed E-state index contributed by atoms with van der Waals surface area (Å²) in [6.07, 6.45) is 14.5. The van der Waals surface area contributed by atoms with E-state index >= 15 is 0 Å². The highest BCUT2D eigenvalue weighted by molar-refractivity contribution is 5.74. The summed E-state index contributed by atoms with van der Waals surface area (Å²) in [5, 5.41) is 0. The number of pyridine rings is 1. The molecular formula is C21H25N7. The molecule has 28 heavy (non-hydrogen) atoms. The maximum absolute atomic E-state index is 6.28. The van der Waals surface area contributed by atoms with Gasteiger partial charge in [-0.3, -0.25) is 9.38 Å². The van der Waals surface area contributed by atoms with Gasteiger partial charge in [0, 0.05) is 43.3 Å². The van der Waals surface area contributed by atoms with Crippen LogP contribution in [0.3, 0.4) is 0 Å². The number of hydrogen-bond donors (Lipinski definition) is 1. The van der Waals surface area contributed by atoms with Crippen LogP contribution in [0.15, 0.2) is 36.9 Å². The van der Waals surface area contributed by atoms with Gasteiger partial charge in [-0.25, -0.2) is 9.97 Å². The van der Waals surface area contributed by atoms with Gasteiger partial charge < -0.3 is 15.5 Å². The summed E-state index contributed by atoms with van der Waals surface area (Å²) >= 11 is 0. The molecule has 3 aliphatic heterocycles. The first kappa shape index (κ1) is 16.3. The monoisotopic (exact) mass is 375 g/mol. The largest absolute Gasteiger partial charge is 0.349 e. The molecule has 3 aromatic rings. The Kier molecular flexibility index (Phi) is 3.59. The van der Waals surface area contributed by atoms with E-state index in [1.807, 2.05) is 30.9 Å². The van der Waals surface area contributed by atoms with Gasteiger partial charge in [0.25, 0.3) is 0 Å². The summed E-state index contributed by atoms with van der Waals surface area (Å²) in [5.74, 6) is 2.01. The van der Waals surface area contributed by atoms with Gasteiger partial charge in [0.05, 0.1) is 17.6 Å². The fourth-order valence-electron chi connectivity index (χ4n) is 5.46. The molecule has 144 valence electrons. The summed E-state index contributed by atoms with van der Waals surface area (Å²) < 4.78 is 2.19. The molecule has 2 N–H and O–H groups in total. The molecule has 2 unspecified atom stereocenters. The van der Waals surface area contributed by atoms with Crippen LogP contribution in [0, 0.1) is 0 Å². The molecule has 7 heteroatoms. The molecule has 7 nitrogen and oxygen atoms in total. The highest BCUT2D eigenvalue weighted by Gasteiger charge is 2.41. The molecule has 3 aliphatic rings. The lowest BCUT2D eigenvalue weighted by Gasteiger charge is -2.38. The summed E-state index contributed by atoms with van der Waals surface area (Å²) in [6.45, 7) is 0.958. The molecule has 0 amide bonds. The molecule has 0 saturated carbocycles. The van der Waals surface area contributed by atoms with Crippen LogP contribution >= 0.6 is 0 Å². The van der Waals surface area contributed by atoms with E-state index in [0.717, 1.165) is 55.2 Å². The van der Waals surface area contributed by atoms with Crippen molar-refractivity contribution in [2.45, 2.75) is 56.7 Å². The number of aryl methyl sites for hydroxylation is 1. The van der Waals surface area contributed by atoms with Crippen molar-refractivity contribution < 1.29 is 0 Å². The molecule has 0 radical (unpaired) electrons. The standard InChI is InChI=1S/C21H25N7/c22-14-11-15-5-6-16(12-14)28(15)20-19-13-25-21(27(19)10-8-24-20)26-9-2-3-17-18(26)4-1-7-23-17/h1,4,7-8,10,13-16H,2-3,5-6,9,11-12,22H2/t14?,15-,16?/m1/s1. The van der Waals surface area contributed by atoms with Crippen LogP contribution in [0.5, 0.6) is 0 Å². The SMILES string of the molecule is NC1CC2CC[C@H](C1)N2c1nccn2c(N3CCCc4ncccc43)ncc12. The summed E-state index contributed by atoms with van der Waals surface area (Å²) in [4.78, 5) is 19.0. The molecule has 0 spiro atoms. The van der Waals surface area contributed by atoms with Crippen molar-refractivity contribution in [3.63, 3.8) is 0 Å². The quantitative estimate of drug-likeness (QED) is 0.742. The minimum Gasteiger partial charge on any atom is -0.349 e. The lowest BCUT2D eigenvalue weighted by molar-refractivity contribution is 0.412. The van der Waals surface area contributed by atoms with Crippen LogP contribution in [0.2, 0.25) is 0 Å². The normalized spacial score (nSPS) is 26.7.